The summed E-state index contributed by atoms with van der Waals surface area (Å²) in [4.78, 5) is 0. The van der Waals surface area contributed by atoms with Gasteiger partial charge in [0.1, 0.15) is 17.7 Å². The molecule has 0 heterocycles. The molecule has 1 unspecified atom stereocenters. The molecular weight excluding hydrogens is 258 g/mol. The lowest BCUT2D eigenvalue weighted by molar-refractivity contribution is 0.232. The molecule has 3 heteroatoms. The Hall–Kier alpha value is -2.18. The molecule has 2 aromatic rings. The van der Waals surface area contributed by atoms with E-state index in [1.54, 1.807) is 25.1 Å². The summed E-state index contributed by atoms with van der Waals surface area (Å²) in [7, 11) is 0. The maximum absolute atomic E-state index is 13.9. The number of halogens is 2. The van der Waals surface area contributed by atoms with E-state index < -0.39 is 11.9 Å². The second-order valence-corrected chi connectivity index (χ2v) is 4.68. The Bertz CT molecular complexity index is 671. The highest BCUT2D eigenvalue weighted by Crippen LogP contribution is 2.25. The lowest BCUT2D eigenvalue weighted by atomic mass is 9.99. The van der Waals surface area contributed by atoms with Crippen LogP contribution in [0.2, 0.25) is 0 Å². The average Bonchev–Trinajstić information content (AvgIpc) is 2.41. The molecule has 0 saturated carbocycles. The van der Waals surface area contributed by atoms with E-state index in [1.165, 1.54) is 18.2 Å². The Labute approximate surface area is 116 Å². The Morgan fingerprint density at radius 1 is 1.15 bits per heavy atom. The van der Waals surface area contributed by atoms with Crippen LogP contribution in [0.1, 0.15) is 11.1 Å². The van der Waals surface area contributed by atoms with Crippen LogP contribution in [0.5, 0.6) is 0 Å². The Morgan fingerprint density at radius 3 is 2.50 bits per heavy atom. The molecule has 0 aromatic heterocycles. The van der Waals surface area contributed by atoms with Gasteiger partial charge >= 0.3 is 0 Å². The van der Waals surface area contributed by atoms with Crippen molar-refractivity contribution >= 4 is 0 Å². The molecule has 0 amide bonds. The number of benzene rings is 2. The zero-order valence-corrected chi connectivity index (χ0v) is 11.0. The number of aryl methyl sites for hydroxylation is 1. The van der Waals surface area contributed by atoms with Gasteiger partial charge in [0.25, 0.3) is 0 Å². The van der Waals surface area contributed by atoms with Gasteiger partial charge in [-0.15, -0.1) is 6.42 Å². The monoisotopic (exact) mass is 272 g/mol. The predicted octanol–water partition coefficient (Wildman–Crippen LogP) is 3.48. The molecule has 0 aliphatic rings. The maximum Gasteiger partial charge on any atom is 0.131 e. The molecule has 1 atom stereocenters. The van der Waals surface area contributed by atoms with E-state index in [9.17, 15) is 13.9 Å². The lowest BCUT2D eigenvalue weighted by Crippen LogP contribution is -2.08. The van der Waals surface area contributed by atoms with Gasteiger partial charge in [0.05, 0.1) is 0 Å². The van der Waals surface area contributed by atoms with Crippen molar-refractivity contribution in [3.05, 3.63) is 59.2 Å². The highest BCUT2D eigenvalue weighted by Gasteiger charge is 2.11. The first-order valence-corrected chi connectivity index (χ1v) is 6.20. The third kappa shape index (κ3) is 3.04. The molecule has 0 radical (unpaired) electrons. The van der Waals surface area contributed by atoms with Gasteiger partial charge in [0.2, 0.25) is 0 Å². The highest BCUT2D eigenvalue weighted by atomic mass is 19.1. The zero-order valence-electron chi connectivity index (χ0n) is 11.0. The molecule has 1 nitrogen and oxygen atoms in total. The maximum atomic E-state index is 13.9. The van der Waals surface area contributed by atoms with Crippen molar-refractivity contribution < 1.29 is 13.9 Å². The molecule has 0 bridgehead atoms. The van der Waals surface area contributed by atoms with Gasteiger partial charge < -0.3 is 5.11 Å². The van der Waals surface area contributed by atoms with Gasteiger partial charge in [-0.25, -0.2) is 8.78 Å². The number of rotatable bonds is 3. The van der Waals surface area contributed by atoms with E-state index in [0.29, 0.717) is 16.7 Å². The van der Waals surface area contributed by atoms with Crippen LogP contribution in [0.25, 0.3) is 11.1 Å². The van der Waals surface area contributed by atoms with E-state index in [1.807, 2.05) is 0 Å². The van der Waals surface area contributed by atoms with Crippen LogP contribution in [0.4, 0.5) is 8.78 Å². The molecule has 0 fully saturated rings. The number of aliphatic hydroxyl groups is 1. The van der Waals surface area contributed by atoms with Crippen LogP contribution in [0.15, 0.2) is 36.4 Å². The summed E-state index contributed by atoms with van der Waals surface area (Å²) < 4.78 is 27.8. The van der Waals surface area contributed by atoms with Crippen LogP contribution < -0.4 is 0 Å². The molecule has 20 heavy (non-hydrogen) atoms. The largest absolute Gasteiger partial charge is 0.380 e. The highest BCUT2D eigenvalue weighted by molar-refractivity contribution is 5.65. The fraction of sp³-hybridized carbons (Fsp3) is 0.176. The normalized spacial score (nSPS) is 11.9. The third-order valence-electron chi connectivity index (χ3n) is 3.09. The van der Waals surface area contributed by atoms with E-state index >= 15 is 0 Å². The van der Waals surface area contributed by atoms with Gasteiger partial charge in [-0.3, -0.25) is 0 Å². The van der Waals surface area contributed by atoms with E-state index in [0.717, 1.165) is 5.56 Å². The van der Waals surface area contributed by atoms with E-state index in [-0.39, 0.29) is 12.2 Å². The molecule has 0 aliphatic carbocycles. The molecule has 2 aromatic carbocycles. The van der Waals surface area contributed by atoms with Gasteiger partial charge in [-0.05, 0) is 35.7 Å². The van der Waals surface area contributed by atoms with Crippen molar-refractivity contribution in [2.24, 2.45) is 0 Å². The quantitative estimate of drug-likeness (QED) is 0.848. The van der Waals surface area contributed by atoms with Crippen molar-refractivity contribution in [3.63, 3.8) is 0 Å². The van der Waals surface area contributed by atoms with Gasteiger partial charge in [-0.1, -0.05) is 30.2 Å². The van der Waals surface area contributed by atoms with E-state index in [2.05, 4.69) is 5.92 Å². The fourth-order valence-corrected chi connectivity index (χ4v) is 2.00. The van der Waals surface area contributed by atoms with Crippen LogP contribution in [0.3, 0.4) is 0 Å². The summed E-state index contributed by atoms with van der Waals surface area (Å²) in [6, 6.07) is 9.19. The number of terminal acetylenes is 1. The minimum atomic E-state index is -1.02. The van der Waals surface area contributed by atoms with Crippen molar-refractivity contribution in [3.8, 4) is 23.5 Å². The number of hydrogen-bond acceptors (Lipinski definition) is 1. The van der Waals surface area contributed by atoms with Crippen molar-refractivity contribution in [1.29, 1.82) is 0 Å². The summed E-state index contributed by atoms with van der Waals surface area (Å²) in [5.74, 6) is 1.24. The number of hydrogen-bond donors (Lipinski definition) is 1. The van der Waals surface area contributed by atoms with Crippen LogP contribution in [0, 0.1) is 30.9 Å². The van der Waals surface area contributed by atoms with Gasteiger partial charge in [-0.2, -0.15) is 0 Å². The summed E-state index contributed by atoms with van der Waals surface area (Å²) in [6.07, 6.45) is 4.07. The van der Waals surface area contributed by atoms with E-state index in [4.69, 9.17) is 6.42 Å². The molecule has 2 rings (SSSR count). The molecule has 0 spiro atoms. The Balaban J connectivity index is 2.36. The SMILES string of the molecule is C#CC(O)Cc1ccc(-c2ccc(C)cc2F)cc1F. The van der Waals surface area contributed by atoms with Crippen molar-refractivity contribution in [2.45, 2.75) is 19.4 Å². The Kier molecular flexibility index (Phi) is 4.16. The third-order valence-corrected chi connectivity index (χ3v) is 3.09. The summed E-state index contributed by atoms with van der Waals surface area (Å²) in [5.41, 5.74) is 1.92. The molecule has 102 valence electrons. The second kappa shape index (κ2) is 5.85. The van der Waals surface area contributed by atoms with Crippen LogP contribution in [-0.2, 0) is 6.42 Å². The number of aliphatic hydroxyl groups excluding tert-OH is 1. The smallest absolute Gasteiger partial charge is 0.131 e. The fourth-order valence-electron chi connectivity index (χ4n) is 2.00. The van der Waals surface area contributed by atoms with Gasteiger partial charge in [0, 0.05) is 12.0 Å². The summed E-state index contributed by atoms with van der Waals surface area (Å²) in [6.45, 7) is 1.79. The predicted molar refractivity (Wildman–Crippen MR) is 75.1 cm³/mol. The minimum Gasteiger partial charge on any atom is -0.380 e. The first kappa shape index (κ1) is 14.2. The molecular formula is C17H14F2O. The van der Waals surface area contributed by atoms with Crippen LogP contribution >= 0.6 is 0 Å². The molecule has 0 aliphatic heterocycles. The summed E-state index contributed by atoms with van der Waals surface area (Å²) in [5, 5.41) is 9.33. The standard InChI is InChI=1S/C17H14F2O/c1-3-14(20)9-13-6-5-12(10-16(13)18)15-7-4-11(2)8-17(15)19/h1,4-8,10,14,20H,9H2,2H3. The summed E-state index contributed by atoms with van der Waals surface area (Å²) >= 11 is 0. The van der Waals surface area contributed by atoms with Crippen molar-refractivity contribution in [1.82, 2.24) is 0 Å². The molecule has 0 saturated heterocycles. The van der Waals surface area contributed by atoms with Crippen molar-refractivity contribution in [2.75, 3.05) is 0 Å². The lowest BCUT2D eigenvalue weighted by Gasteiger charge is -2.09. The average molecular weight is 272 g/mol. The zero-order chi connectivity index (χ0) is 14.7. The Morgan fingerprint density at radius 2 is 1.90 bits per heavy atom. The first-order valence-electron chi connectivity index (χ1n) is 6.20. The second-order valence-electron chi connectivity index (χ2n) is 4.68. The molecule has 1 N–H and O–H groups in total. The minimum absolute atomic E-state index is 0.0407. The topological polar surface area (TPSA) is 20.2 Å². The van der Waals surface area contributed by atoms with Gasteiger partial charge in [0.15, 0.2) is 0 Å². The first-order chi connectivity index (χ1) is 9.51. The van der Waals surface area contributed by atoms with Crippen LogP contribution in [-0.4, -0.2) is 11.2 Å².